The topological polar surface area (TPSA) is 40.5 Å². The quantitative estimate of drug-likeness (QED) is 0.901. The maximum Gasteiger partial charge on any atom is 0.336 e. The number of benzene rings is 1. The van der Waals surface area contributed by atoms with Crippen LogP contribution < -0.4 is 4.90 Å². The SMILES string of the molecule is CCCN(c1ccc(C(=O)O)c(Br)c1F)C1CC1. The number of halogens is 2. The molecule has 1 aromatic carbocycles. The molecule has 1 saturated carbocycles. The van der Waals surface area contributed by atoms with E-state index < -0.39 is 11.8 Å². The molecule has 0 aromatic heterocycles. The van der Waals surface area contributed by atoms with Crippen LogP contribution in [0.15, 0.2) is 16.6 Å². The van der Waals surface area contributed by atoms with Gasteiger partial charge in [0.1, 0.15) is 0 Å². The molecule has 0 bridgehead atoms. The predicted molar refractivity (Wildman–Crippen MR) is 71.7 cm³/mol. The van der Waals surface area contributed by atoms with Crippen LogP contribution in [0.4, 0.5) is 10.1 Å². The third kappa shape index (κ3) is 2.51. The van der Waals surface area contributed by atoms with Crippen LogP contribution in [0.5, 0.6) is 0 Å². The van der Waals surface area contributed by atoms with Gasteiger partial charge < -0.3 is 10.0 Å². The molecule has 1 fully saturated rings. The zero-order valence-electron chi connectivity index (χ0n) is 10.1. The Kier molecular flexibility index (Phi) is 3.90. The monoisotopic (exact) mass is 315 g/mol. The van der Waals surface area contributed by atoms with Gasteiger partial charge in [-0.2, -0.15) is 0 Å². The second-order valence-electron chi connectivity index (χ2n) is 4.49. The van der Waals surface area contributed by atoms with Gasteiger partial charge in [-0.25, -0.2) is 9.18 Å². The van der Waals surface area contributed by atoms with E-state index in [2.05, 4.69) is 15.9 Å². The molecule has 0 saturated heterocycles. The Labute approximate surface area is 114 Å². The predicted octanol–water partition coefficient (Wildman–Crippen LogP) is 3.67. The molecule has 0 aliphatic heterocycles. The molecular formula is C13H15BrFNO2. The van der Waals surface area contributed by atoms with E-state index in [1.807, 2.05) is 11.8 Å². The highest BCUT2D eigenvalue weighted by molar-refractivity contribution is 9.10. The zero-order valence-corrected chi connectivity index (χ0v) is 11.7. The van der Waals surface area contributed by atoms with Gasteiger partial charge in [0.25, 0.3) is 0 Å². The average molecular weight is 316 g/mol. The summed E-state index contributed by atoms with van der Waals surface area (Å²) in [5.41, 5.74) is 0.458. The second-order valence-corrected chi connectivity index (χ2v) is 5.28. The van der Waals surface area contributed by atoms with E-state index in [4.69, 9.17) is 5.11 Å². The minimum atomic E-state index is -1.12. The third-order valence-electron chi connectivity index (χ3n) is 3.05. The Hall–Kier alpha value is -1.10. The molecule has 0 amide bonds. The van der Waals surface area contributed by atoms with Crippen LogP contribution in [-0.4, -0.2) is 23.7 Å². The first-order chi connectivity index (χ1) is 8.56. The lowest BCUT2D eigenvalue weighted by atomic mass is 10.1. The molecule has 0 heterocycles. The largest absolute Gasteiger partial charge is 0.478 e. The summed E-state index contributed by atoms with van der Waals surface area (Å²) in [5, 5.41) is 8.93. The summed E-state index contributed by atoms with van der Waals surface area (Å²) in [7, 11) is 0. The van der Waals surface area contributed by atoms with Crippen molar-refractivity contribution in [2.24, 2.45) is 0 Å². The van der Waals surface area contributed by atoms with Gasteiger partial charge in [-0.05, 0) is 47.3 Å². The minimum absolute atomic E-state index is 0.0363. The lowest BCUT2D eigenvalue weighted by molar-refractivity contribution is 0.0695. The number of carboxylic acid groups (broad SMARTS) is 1. The van der Waals surface area contributed by atoms with Crippen molar-refractivity contribution in [3.63, 3.8) is 0 Å². The molecule has 2 rings (SSSR count). The molecule has 0 atom stereocenters. The Morgan fingerprint density at radius 2 is 2.22 bits per heavy atom. The number of hydrogen-bond acceptors (Lipinski definition) is 2. The fraction of sp³-hybridized carbons (Fsp3) is 0.462. The third-order valence-corrected chi connectivity index (χ3v) is 3.83. The van der Waals surface area contributed by atoms with Crippen LogP contribution in [0.25, 0.3) is 0 Å². The van der Waals surface area contributed by atoms with Gasteiger partial charge in [0.05, 0.1) is 15.7 Å². The van der Waals surface area contributed by atoms with Gasteiger partial charge in [0, 0.05) is 12.6 Å². The number of carboxylic acids is 1. The first-order valence-corrected chi connectivity index (χ1v) is 6.83. The van der Waals surface area contributed by atoms with E-state index in [1.54, 1.807) is 6.07 Å². The van der Waals surface area contributed by atoms with Gasteiger partial charge in [0.15, 0.2) is 5.82 Å². The minimum Gasteiger partial charge on any atom is -0.478 e. The molecule has 1 N–H and O–H groups in total. The van der Waals surface area contributed by atoms with Crippen molar-refractivity contribution in [1.29, 1.82) is 0 Å². The highest BCUT2D eigenvalue weighted by atomic mass is 79.9. The Bertz CT molecular complexity index is 474. The molecule has 98 valence electrons. The molecule has 5 heteroatoms. The normalized spacial score (nSPS) is 14.6. The summed E-state index contributed by atoms with van der Waals surface area (Å²) in [4.78, 5) is 13.0. The van der Waals surface area contributed by atoms with Gasteiger partial charge in [-0.1, -0.05) is 6.92 Å². The lowest BCUT2D eigenvalue weighted by Crippen LogP contribution is -2.27. The first kappa shape index (κ1) is 13.3. The van der Waals surface area contributed by atoms with Crippen LogP contribution in [-0.2, 0) is 0 Å². The smallest absolute Gasteiger partial charge is 0.336 e. The summed E-state index contributed by atoms with van der Waals surface area (Å²) in [6.07, 6.45) is 3.10. The molecule has 1 aliphatic rings. The van der Waals surface area contributed by atoms with E-state index in [0.29, 0.717) is 11.7 Å². The van der Waals surface area contributed by atoms with Gasteiger partial charge in [-0.15, -0.1) is 0 Å². The maximum atomic E-state index is 14.2. The molecule has 0 spiro atoms. The Morgan fingerprint density at radius 1 is 1.56 bits per heavy atom. The number of anilines is 1. The fourth-order valence-corrected chi connectivity index (χ4v) is 2.56. The van der Waals surface area contributed by atoms with Crippen LogP contribution >= 0.6 is 15.9 Å². The zero-order chi connectivity index (χ0) is 13.3. The van der Waals surface area contributed by atoms with Crippen molar-refractivity contribution in [3.05, 3.63) is 28.0 Å². The van der Waals surface area contributed by atoms with Crippen molar-refractivity contribution in [2.45, 2.75) is 32.2 Å². The fourth-order valence-electron chi connectivity index (χ4n) is 2.05. The number of aromatic carboxylic acids is 1. The standard InChI is InChI=1S/C13H15BrFNO2/c1-2-7-16(8-3-4-8)10-6-5-9(13(17)18)11(14)12(10)15/h5-6,8H,2-4,7H2,1H3,(H,17,18). The van der Waals surface area contributed by atoms with Gasteiger partial charge in [0.2, 0.25) is 0 Å². The van der Waals surface area contributed by atoms with Gasteiger partial charge >= 0.3 is 5.97 Å². The molecule has 0 unspecified atom stereocenters. The van der Waals surface area contributed by atoms with E-state index >= 15 is 0 Å². The van der Waals surface area contributed by atoms with Crippen molar-refractivity contribution in [3.8, 4) is 0 Å². The highest BCUT2D eigenvalue weighted by Crippen LogP contribution is 2.36. The van der Waals surface area contributed by atoms with Crippen molar-refractivity contribution >= 4 is 27.6 Å². The average Bonchev–Trinajstić information content (AvgIpc) is 3.14. The molecular weight excluding hydrogens is 301 g/mol. The van der Waals surface area contributed by atoms with Crippen LogP contribution in [0.1, 0.15) is 36.5 Å². The summed E-state index contributed by atoms with van der Waals surface area (Å²) in [6.45, 7) is 2.84. The summed E-state index contributed by atoms with van der Waals surface area (Å²) >= 11 is 3.04. The first-order valence-electron chi connectivity index (χ1n) is 6.04. The van der Waals surface area contributed by atoms with Crippen molar-refractivity contribution < 1.29 is 14.3 Å². The maximum absolute atomic E-state index is 14.2. The Morgan fingerprint density at radius 3 is 2.72 bits per heavy atom. The van der Waals surface area contributed by atoms with Crippen molar-refractivity contribution in [1.82, 2.24) is 0 Å². The number of hydrogen-bond donors (Lipinski definition) is 1. The number of nitrogens with zero attached hydrogens (tertiary/aromatic N) is 1. The summed E-state index contributed by atoms with van der Waals surface area (Å²) < 4.78 is 14.3. The second kappa shape index (κ2) is 5.26. The van der Waals surface area contributed by atoms with Crippen LogP contribution in [0.3, 0.4) is 0 Å². The van der Waals surface area contributed by atoms with E-state index in [-0.39, 0.29) is 10.0 Å². The Balaban J connectivity index is 2.38. The molecule has 1 aliphatic carbocycles. The van der Waals surface area contributed by atoms with E-state index in [9.17, 15) is 9.18 Å². The molecule has 3 nitrogen and oxygen atoms in total. The van der Waals surface area contributed by atoms with Crippen molar-refractivity contribution in [2.75, 3.05) is 11.4 Å². The van der Waals surface area contributed by atoms with Crippen LogP contribution in [0, 0.1) is 5.82 Å². The summed E-state index contributed by atoms with van der Waals surface area (Å²) in [5.74, 6) is -1.60. The molecule has 18 heavy (non-hydrogen) atoms. The molecule has 0 radical (unpaired) electrons. The number of carbonyl (C=O) groups is 1. The summed E-state index contributed by atoms with van der Waals surface area (Å²) in [6, 6.07) is 3.43. The lowest BCUT2D eigenvalue weighted by Gasteiger charge is -2.25. The number of rotatable bonds is 5. The highest BCUT2D eigenvalue weighted by Gasteiger charge is 2.31. The van der Waals surface area contributed by atoms with Crippen LogP contribution in [0.2, 0.25) is 0 Å². The molecule has 1 aromatic rings. The van der Waals surface area contributed by atoms with E-state index in [1.165, 1.54) is 6.07 Å². The van der Waals surface area contributed by atoms with E-state index in [0.717, 1.165) is 25.8 Å². The van der Waals surface area contributed by atoms with Gasteiger partial charge in [-0.3, -0.25) is 0 Å².